The van der Waals surface area contributed by atoms with Crippen LogP contribution in [-0.2, 0) is 17.6 Å². The monoisotopic (exact) mass is 217 g/mol. The first kappa shape index (κ1) is 12.5. The number of aryl methyl sites for hydroxylation is 1. The zero-order chi connectivity index (χ0) is 12.0. The summed E-state index contributed by atoms with van der Waals surface area (Å²) in [7, 11) is 0. The van der Waals surface area contributed by atoms with Gasteiger partial charge in [-0.1, -0.05) is 32.6 Å². The average Bonchev–Trinajstić information content (AvgIpc) is 2.81. The van der Waals surface area contributed by atoms with Crippen LogP contribution in [0.4, 0.5) is 5.69 Å². The fourth-order valence-electron chi connectivity index (χ4n) is 1.92. The molecule has 0 radical (unpaired) electrons. The number of hydrogen-bond donors (Lipinski definition) is 1. The average molecular weight is 217 g/mol. The molecule has 0 fully saturated rings. The predicted molar refractivity (Wildman–Crippen MR) is 68.6 cm³/mol. The first-order valence-corrected chi connectivity index (χ1v) is 5.85. The number of anilines is 1. The van der Waals surface area contributed by atoms with Gasteiger partial charge in [0, 0.05) is 5.69 Å². The number of carbonyl (C=O) groups is 1. The number of hydrogen-bond acceptors (Lipinski definition) is 1. The molecule has 2 nitrogen and oxygen atoms in total. The molecule has 0 saturated carbocycles. The summed E-state index contributed by atoms with van der Waals surface area (Å²) in [4.78, 5) is 11.2. The quantitative estimate of drug-likeness (QED) is 0.756. The van der Waals surface area contributed by atoms with Gasteiger partial charge in [0.15, 0.2) is 0 Å². The zero-order valence-corrected chi connectivity index (χ0v) is 10.0. The summed E-state index contributed by atoms with van der Waals surface area (Å²) < 4.78 is 0. The Balaban J connectivity index is 0.000000606. The largest absolute Gasteiger partial charge is 0.322 e. The Bertz CT molecular complexity index is 382. The summed E-state index contributed by atoms with van der Waals surface area (Å²) in [6.45, 7) is 7.44. The summed E-state index contributed by atoms with van der Waals surface area (Å²) >= 11 is 0. The molecule has 86 valence electrons. The minimum atomic E-state index is -0.134. The Morgan fingerprint density at radius 1 is 1.38 bits per heavy atom. The summed E-state index contributed by atoms with van der Waals surface area (Å²) in [5.41, 5.74) is 3.61. The fraction of sp³-hybridized carbons (Fsp3) is 0.357. The fourth-order valence-corrected chi connectivity index (χ4v) is 1.92. The van der Waals surface area contributed by atoms with Crippen molar-refractivity contribution >= 4 is 11.6 Å². The maximum absolute atomic E-state index is 11.2. The topological polar surface area (TPSA) is 29.1 Å². The molecule has 1 aliphatic rings. The molecular formula is C14H19NO. The molecule has 1 aromatic carbocycles. The Kier molecular flexibility index (Phi) is 4.77. The SMILES string of the molecule is C=CC(=O)Nc1cccc2c1CCC2.CC. The van der Waals surface area contributed by atoms with Gasteiger partial charge >= 0.3 is 0 Å². The van der Waals surface area contributed by atoms with Crippen LogP contribution in [0.25, 0.3) is 0 Å². The van der Waals surface area contributed by atoms with Crippen molar-refractivity contribution in [1.82, 2.24) is 0 Å². The Morgan fingerprint density at radius 3 is 2.81 bits per heavy atom. The third kappa shape index (κ3) is 2.72. The molecule has 2 heteroatoms. The number of amides is 1. The summed E-state index contributed by atoms with van der Waals surface area (Å²) in [5.74, 6) is -0.134. The second kappa shape index (κ2) is 6.11. The number of fused-ring (bicyclic) bond motifs is 1. The van der Waals surface area contributed by atoms with Crippen molar-refractivity contribution in [2.45, 2.75) is 33.1 Å². The molecule has 0 heterocycles. The summed E-state index contributed by atoms with van der Waals surface area (Å²) in [6, 6.07) is 6.07. The van der Waals surface area contributed by atoms with Crippen molar-refractivity contribution in [3.63, 3.8) is 0 Å². The highest BCUT2D eigenvalue weighted by atomic mass is 16.1. The molecule has 0 aliphatic heterocycles. The van der Waals surface area contributed by atoms with Gasteiger partial charge in [-0.2, -0.15) is 0 Å². The lowest BCUT2D eigenvalue weighted by molar-refractivity contribution is -0.111. The number of carbonyl (C=O) groups excluding carboxylic acids is 1. The zero-order valence-electron chi connectivity index (χ0n) is 10.0. The van der Waals surface area contributed by atoms with Crippen molar-refractivity contribution in [2.24, 2.45) is 0 Å². The molecule has 0 spiro atoms. The van der Waals surface area contributed by atoms with E-state index in [1.54, 1.807) is 0 Å². The van der Waals surface area contributed by atoms with Gasteiger partial charge in [0.25, 0.3) is 0 Å². The van der Waals surface area contributed by atoms with Crippen molar-refractivity contribution in [3.8, 4) is 0 Å². The van der Waals surface area contributed by atoms with Crippen LogP contribution in [0.5, 0.6) is 0 Å². The second-order valence-electron chi connectivity index (χ2n) is 3.49. The molecule has 1 aliphatic carbocycles. The Hall–Kier alpha value is -1.57. The van der Waals surface area contributed by atoms with Crippen molar-refractivity contribution < 1.29 is 4.79 Å². The van der Waals surface area contributed by atoms with Crippen LogP contribution >= 0.6 is 0 Å². The second-order valence-corrected chi connectivity index (χ2v) is 3.49. The van der Waals surface area contributed by atoms with Crippen LogP contribution in [0.15, 0.2) is 30.9 Å². The van der Waals surface area contributed by atoms with Crippen LogP contribution in [-0.4, -0.2) is 5.91 Å². The predicted octanol–water partition coefficient (Wildman–Crippen LogP) is 3.33. The van der Waals surface area contributed by atoms with Gasteiger partial charge in [-0.05, 0) is 42.5 Å². The van der Waals surface area contributed by atoms with Crippen LogP contribution in [0.1, 0.15) is 31.4 Å². The van der Waals surface area contributed by atoms with E-state index in [9.17, 15) is 4.79 Å². The summed E-state index contributed by atoms with van der Waals surface area (Å²) in [5, 5.41) is 2.83. The van der Waals surface area contributed by atoms with E-state index in [2.05, 4.69) is 18.0 Å². The van der Waals surface area contributed by atoms with E-state index in [4.69, 9.17) is 0 Å². The van der Waals surface area contributed by atoms with Gasteiger partial charge in [0.05, 0.1) is 0 Å². The van der Waals surface area contributed by atoms with E-state index in [0.717, 1.165) is 18.5 Å². The normalized spacial score (nSPS) is 12.1. The van der Waals surface area contributed by atoms with E-state index in [0.29, 0.717) is 0 Å². The maximum atomic E-state index is 11.2. The minimum absolute atomic E-state index is 0.134. The van der Waals surface area contributed by atoms with Crippen LogP contribution in [0, 0.1) is 0 Å². The molecular weight excluding hydrogens is 198 g/mol. The molecule has 0 saturated heterocycles. The first-order chi connectivity index (χ1) is 7.81. The lowest BCUT2D eigenvalue weighted by Crippen LogP contribution is -2.09. The third-order valence-corrected chi connectivity index (χ3v) is 2.59. The number of nitrogens with one attached hydrogen (secondary N) is 1. The van der Waals surface area contributed by atoms with Crippen LogP contribution < -0.4 is 5.32 Å². The Labute approximate surface area is 97.4 Å². The highest BCUT2D eigenvalue weighted by Gasteiger charge is 2.14. The first-order valence-electron chi connectivity index (χ1n) is 5.85. The minimum Gasteiger partial charge on any atom is -0.322 e. The molecule has 0 aromatic heterocycles. The summed E-state index contributed by atoms with van der Waals surface area (Å²) in [6.07, 6.45) is 4.70. The van der Waals surface area contributed by atoms with Crippen LogP contribution in [0.3, 0.4) is 0 Å². The van der Waals surface area contributed by atoms with Crippen molar-refractivity contribution in [2.75, 3.05) is 5.32 Å². The molecule has 2 rings (SSSR count). The van der Waals surface area contributed by atoms with Gasteiger partial charge in [-0.3, -0.25) is 4.79 Å². The van der Waals surface area contributed by atoms with Crippen LogP contribution in [0.2, 0.25) is 0 Å². The van der Waals surface area contributed by atoms with Gasteiger partial charge in [0.1, 0.15) is 0 Å². The lowest BCUT2D eigenvalue weighted by Gasteiger charge is -2.07. The van der Waals surface area contributed by atoms with E-state index in [1.807, 2.05) is 26.0 Å². The standard InChI is InChI=1S/C12H13NO.C2H6/c1-2-12(14)13-11-8-4-6-9-5-3-7-10(9)11;1-2/h2,4,6,8H,1,3,5,7H2,(H,13,14);1-2H3. The van der Waals surface area contributed by atoms with Gasteiger partial charge in [0.2, 0.25) is 5.91 Å². The highest BCUT2D eigenvalue weighted by Crippen LogP contribution is 2.28. The van der Waals surface area contributed by atoms with E-state index in [-0.39, 0.29) is 5.91 Å². The van der Waals surface area contributed by atoms with Gasteiger partial charge < -0.3 is 5.32 Å². The third-order valence-electron chi connectivity index (χ3n) is 2.59. The number of rotatable bonds is 2. The smallest absolute Gasteiger partial charge is 0.247 e. The van der Waals surface area contributed by atoms with Gasteiger partial charge in [-0.25, -0.2) is 0 Å². The maximum Gasteiger partial charge on any atom is 0.247 e. The van der Waals surface area contributed by atoms with Crippen molar-refractivity contribution in [1.29, 1.82) is 0 Å². The molecule has 1 N–H and O–H groups in total. The molecule has 0 atom stereocenters. The number of benzene rings is 1. The highest BCUT2D eigenvalue weighted by molar-refractivity contribution is 5.99. The van der Waals surface area contributed by atoms with Gasteiger partial charge in [-0.15, -0.1) is 0 Å². The molecule has 0 unspecified atom stereocenters. The molecule has 1 amide bonds. The van der Waals surface area contributed by atoms with E-state index >= 15 is 0 Å². The van der Waals surface area contributed by atoms with E-state index in [1.165, 1.54) is 23.6 Å². The van der Waals surface area contributed by atoms with E-state index < -0.39 is 0 Å². The molecule has 1 aromatic rings. The van der Waals surface area contributed by atoms with Crippen molar-refractivity contribution in [3.05, 3.63) is 42.0 Å². The molecule has 16 heavy (non-hydrogen) atoms. The molecule has 0 bridgehead atoms. The Morgan fingerprint density at radius 2 is 2.12 bits per heavy atom. The lowest BCUT2D eigenvalue weighted by atomic mass is 10.1.